The van der Waals surface area contributed by atoms with Crippen molar-refractivity contribution in [1.29, 1.82) is 0 Å². The molecule has 2 atom stereocenters. The molecule has 3 N–H and O–H groups in total. The second kappa shape index (κ2) is 7.76. The summed E-state index contributed by atoms with van der Waals surface area (Å²) >= 11 is 0. The van der Waals surface area contributed by atoms with Crippen LogP contribution in [0.4, 0.5) is 5.69 Å². The number of carbonyl (C=O) groups excluding carboxylic acids is 2. The molecule has 144 valence electrons. The van der Waals surface area contributed by atoms with Crippen molar-refractivity contribution < 1.29 is 14.3 Å². The topological polar surface area (TPSA) is 83.2 Å². The molecule has 1 saturated carbocycles. The lowest BCUT2D eigenvalue weighted by molar-refractivity contribution is -0.125. The van der Waals surface area contributed by atoms with E-state index in [1.807, 2.05) is 24.4 Å². The quantitative estimate of drug-likeness (QED) is 0.592. The number of fused-ring (bicyclic) bond motifs is 1. The first-order chi connectivity index (χ1) is 13.7. The largest absolute Gasteiger partial charge is 0.497 e. The van der Waals surface area contributed by atoms with Crippen molar-refractivity contribution in [1.82, 2.24) is 10.3 Å². The summed E-state index contributed by atoms with van der Waals surface area (Å²) in [5.74, 6) is 0.0879. The van der Waals surface area contributed by atoms with E-state index in [-0.39, 0.29) is 23.7 Å². The van der Waals surface area contributed by atoms with Crippen LogP contribution in [0.2, 0.25) is 0 Å². The van der Waals surface area contributed by atoms with E-state index in [0.29, 0.717) is 18.7 Å². The maximum atomic E-state index is 12.3. The molecule has 1 heterocycles. The zero-order valence-electron chi connectivity index (χ0n) is 15.7. The summed E-state index contributed by atoms with van der Waals surface area (Å²) < 4.78 is 5.10. The Bertz CT molecular complexity index is 994. The van der Waals surface area contributed by atoms with E-state index in [4.69, 9.17) is 4.74 Å². The van der Waals surface area contributed by atoms with Gasteiger partial charge in [0.05, 0.1) is 18.9 Å². The Kier molecular flexibility index (Phi) is 5.02. The average molecular weight is 377 g/mol. The molecule has 6 nitrogen and oxygen atoms in total. The molecule has 1 fully saturated rings. The molecule has 28 heavy (non-hydrogen) atoms. The van der Waals surface area contributed by atoms with E-state index in [1.165, 1.54) is 10.9 Å². The molecule has 1 aliphatic carbocycles. The lowest BCUT2D eigenvalue weighted by atomic mass is 10.1. The minimum absolute atomic E-state index is 0.0466. The molecule has 0 radical (unpaired) electrons. The van der Waals surface area contributed by atoms with E-state index in [1.54, 1.807) is 31.4 Å². The van der Waals surface area contributed by atoms with Gasteiger partial charge in [-0.05, 0) is 48.7 Å². The van der Waals surface area contributed by atoms with Gasteiger partial charge in [-0.2, -0.15) is 0 Å². The van der Waals surface area contributed by atoms with Crippen molar-refractivity contribution in [2.24, 2.45) is 11.8 Å². The number of amides is 2. The second-order valence-electron chi connectivity index (χ2n) is 7.07. The van der Waals surface area contributed by atoms with Crippen LogP contribution in [0.3, 0.4) is 0 Å². The van der Waals surface area contributed by atoms with Crippen LogP contribution in [0.1, 0.15) is 12.0 Å². The van der Waals surface area contributed by atoms with Gasteiger partial charge in [0.1, 0.15) is 5.75 Å². The van der Waals surface area contributed by atoms with Crippen LogP contribution in [-0.4, -0.2) is 30.5 Å². The van der Waals surface area contributed by atoms with Gasteiger partial charge in [0.15, 0.2) is 0 Å². The standard InChI is InChI=1S/C22H23N3O3/c1-28-16-8-6-15(7-9-16)25-22(27)19-12-18(19)21(26)23-11-10-14-13-24-20-5-3-2-4-17(14)20/h2-9,13,18-19,24H,10-12H2,1H3,(H,23,26)(H,25,27). The Morgan fingerprint density at radius 1 is 1.07 bits per heavy atom. The van der Waals surface area contributed by atoms with Crippen LogP contribution in [0.5, 0.6) is 5.75 Å². The molecular weight excluding hydrogens is 354 g/mol. The summed E-state index contributed by atoms with van der Waals surface area (Å²) in [6.07, 6.45) is 3.34. The van der Waals surface area contributed by atoms with Crippen molar-refractivity contribution in [3.63, 3.8) is 0 Å². The number of hydrogen-bond donors (Lipinski definition) is 3. The van der Waals surface area contributed by atoms with Gasteiger partial charge in [-0.3, -0.25) is 9.59 Å². The summed E-state index contributed by atoms with van der Waals surface area (Å²) in [6, 6.07) is 15.3. The zero-order chi connectivity index (χ0) is 19.5. The molecule has 0 aliphatic heterocycles. The minimum atomic E-state index is -0.254. The summed E-state index contributed by atoms with van der Waals surface area (Å²) in [5.41, 5.74) is 2.98. The maximum Gasteiger partial charge on any atom is 0.228 e. The second-order valence-corrected chi connectivity index (χ2v) is 7.07. The third-order valence-electron chi connectivity index (χ3n) is 5.19. The maximum absolute atomic E-state index is 12.3. The highest BCUT2D eigenvalue weighted by Gasteiger charge is 2.47. The molecule has 2 amide bonds. The molecule has 0 spiro atoms. The van der Waals surface area contributed by atoms with Crippen LogP contribution < -0.4 is 15.4 Å². The number of aromatic amines is 1. The molecule has 2 aromatic carbocycles. The normalized spacial score (nSPS) is 17.9. The fraction of sp³-hybridized carbons (Fsp3) is 0.273. The highest BCUT2D eigenvalue weighted by atomic mass is 16.5. The van der Waals surface area contributed by atoms with Crippen molar-refractivity contribution in [3.8, 4) is 5.75 Å². The molecule has 0 bridgehead atoms. The summed E-state index contributed by atoms with van der Waals surface area (Å²) in [5, 5.41) is 7.00. The number of benzene rings is 2. The van der Waals surface area contributed by atoms with Crippen LogP contribution in [0, 0.1) is 11.8 Å². The summed E-state index contributed by atoms with van der Waals surface area (Å²) in [6.45, 7) is 0.560. The van der Waals surface area contributed by atoms with Crippen LogP contribution in [-0.2, 0) is 16.0 Å². The van der Waals surface area contributed by atoms with Crippen molar-refractivity contribution in [3.05, 3.63) is 60.3 Å². The van der Waals surface area contributed by atoms with Gasteiger partial charge >= 0.3 is 0 Å². The number of carbonyl (C=O) groups is 2. The first-order valence-corrected chi connectivity index (χ1v) is 9.43. The van der Waals surface area contributed by atoms with Crippen LogP contribution in [0.25, 0.3) is 10.9 Å². The van der Waals surface area contributed by atoms with Crippen LogP contribution >= 0.6 is 0 Å². The minimum Gasteiger partial charge on any atom is -0.497 e. The Morgan fingerprint density at radius 2 is 1.82 bits per heavy atom. The zero-order valence-corrected chi connectivity index (χ0v) is 15.7. The predicted octanol–water partition coefficient (Wildman–Crippen LogP) is 3.11. The van der Waals surface area contributed by atoms with Gasteiger partial charge in [0, 0.05) is 29.3 Å². The Balaban J connectivity index is 1.24. The molecule has 3 aromatic rings. The molecule has 6 heteroatoms. The smallest absolute Gasteiger partial charge is 0.228 e. The number of hydrogen-bond acceptors (Lipinski definition) is 3. The van der Waals surface area contributed by atoms with E-state index in [0.717, 1.165) is 17.7 Å². The summed E-state index contributed by atoms with van der Waals surface area (Å²) in [7, 11) is 1.60. The first kappa shape index (κ1) is 18.1. The number of para-hydroxylation sites is 1. The van der Waals surface area contributed by atoms with E-state index in [2.05, 4.69) is 21.7 Å². The highest BCUT2D eigenvalue weighted by molar-refractivity contribution is 5.99. The monoisotopic (exact) mass is 377 g/mol. The van der Waals surface area contributed by atoms with Crippen LogP contribution in [0.15, 0.2) is 54.7 Å². The Hall–Kier alpha value is -3.28. The average Bonchev–Trinajstić information content (AvgIpc) is 3.43. The van der Waals surface area contributed by atoms with E-state index in [9.17, 15) is 9.59 Å². The number of ether oxygens (including phenoxy) is 1. The van der Waals surface area contributed by atoms with Crippen molar-refractivity contribution in [2.75, 3.05) is 19.0 Å². The summed E-state index contributed by atoms with van der Waals surface area (Å²) in [4.78, 5) is 27.9. The Labute approximate surface area is 163 Å². The van der Waals surface area contributed by atoms with Gasteiger partial charge in [-0.25, -0.2) is 0 Å². The molecule has 4 rings (SSSR count). The first-order valence-electron chi connectivity index (χ1n) is 9.43. The molecule has 2 unspecified atom stereocenters. The van der Waals surface area contributed by atoms with Gasteiger partial charge in [-0.15, -0.1) is 0 Å². The third-order valence-corrected chi connectivity index (χ3v) is 5.19. The molecule has 1 aromatic heterocycles. The number of H-pyrrole nitrogens is 1. The number of rotatable bonds is 7. The number of methoxy groups -OCH3 is 1. The van der Waals surface area contributed by atoms with E-state index < -0.39 is 0 Å². The molecule has 1 aliphatic rings. The third kappa shape index (κ3) is 3.86. The van der Waals surface area contributed by atoms with Gasteiger partial charge < -0.3 is 20.4 Å². The lowest BCUT2D eigenvalue weighted by Gasteiger charge is -2.07. The molecule has 0 saturated heterocycles. The lowest BCUT2D eigenvalue weighted by Crippen LogP contribution is -2.29. The van der Waals surface area contributed by atoms with Gasteiger partial charge in [0.25, 0.3) is 0 Å². The van der Waals surface area contributed by atoms with Crippen molar-refractivity contribution in [2.45, 2.75) is 12.8 Å². The highest BCUT2D eigenvalue weighted by Crippen LogP contribution is 2.39. The van der Waals surface area contributed by atoms with E-state index >= 15 is 0 Å². The Morgan fingerprint density at radius 3 is 2.61 bits per heavy atom. The SMILES string of the molecule is COc1ccc(NC(=O)C2CC2C(=O)NCCc2c[nH]c3ccccc23)cc1. The number of anilines is 1. The fourth-order valence-electron chi connectivity index (χ4n) is 3.47. The molecular formula is C22H23N3O3. The van der Waals surface area contributed by atoms with Crippen molar-refractivity contribution >= 4 is 28.4 Å². The number of aromatic nitrogens is 1. The predicted molar refractivity (Wildman–Crippen MR) is 108 cm³/mol. The van der Waals surface area contributed by atoms with Gasteiger partial charge in [-0.1, -0.05) is 18.2 Å². The number of nitrogens with one attached hydrogen (secondary N) is 3. The van der Waals surface area contributed by atoms with Gasteiger partial charge in [0.2, 0.25) is 11.8 Å². The fourth-order valence-corrected chi connectivity index (χ4v) is 3.47.